The van der Waals surface area contributed by atoms with E-state index in [2.05, 4.69) is 33.7 Å². The summed E-state index contributed by atoms with van der Waals surface area (Å²) in [4.78, 5) is 0. The standard InChI is InChI=1S/C13H20N6/c1-3-19-13(6-10(2)16-19)9-18-8-12(15-17-18)7-14-11-4-5-11/h6,8,11,14H,3-5,7,9H2,1-2H3. The molecule has 0 aromatic carbocycles. The van der Waals surface area contributed by atoms with Gasteiger partial charge in [0.25, 0.3) is 0 Å². The zero-order chi connectivity index (χ0) is 13.2. The van der Waals surface area contributed by atoms with Crippen molar-refractivity contribution >= 4 is 0 Å². The topological polar surface area (TPSA) is 60.6 Å². The van der Waals surface area contributed by atoms with E-state index in [1.165, 1.54) is 18.5 Å². The molecule has 19 heavy (non-hydrogen) atoms. The number of aryl methyl sites for hydroxylation is 2. The second-order valence-electron chi connectivity index (χ2n) is 5.16. The van der Waals surface area contributed by atoms with Crippen LogP contribution < -0.4 is 5.32 Å². The first-order valence-electron chi connectivity index (χ1n) is 6.90. The highest BCUT2D eigenvalue weighted by molar-refractivity contribution is 5.09. The van der Waals surface area contributed by atoms with Crippen molar-refractivity contribution in [3.63, 3.8) is 0 Å². The molecular formula is C13H20N6. The maximum atomic E-state index is 4.44. The van der Waals surface area contributed by atoms with Gasteiger partial charge in [0, 0.05) is 19.1 Å². The Balaban J connectivity index is 1.64. The molecule has 6 heteroatoms. The van der Waals surface area contributed by atoms with Crippen molar-refractivity contribution in [3.05, 3.63) is 29.3 Å². The van der Waals surface area contributed by atoms with Crippen molar-refractivity contribution in [1.29, 1.82) is 0 Å². The molecule has 1 aliphatic carbocycles. The lowest BCUT2D eigenvalue weighted by Crippen LogP contribution is -2.15. The predicted molar refractivity (Wildman–Crippen MR) is 71.6 cm³/mol. The highest BCUT2D eigenvalue weighted by atomic mass is 15.4. The molecule has 102 valence electrons. The highest BCUT2D eigenvalue weighted by Gasteiger charge is 2.20. The van der Waals surface area contributed by atoms with E-state index in [1.807, 2.05) is 22.5 Å². The summed E-state index contributed by atoms with van der Waals surface area (Å²) in [5.74, 6) is 0. The number of hydrogen-bond donors (Lipinski definition) is 1. The Kier molecular flexibility index (Phi) is 3.33. The molecule has 0 amide bonds. The fourth-order valence-corrected chi connectivity index (χ4v) is 2.20. The summed E-state index contributed by atoms with van der Waals surface area (Å²) in [6, 6.07) is 2.81. The average molecular weight is 260 g/mol. The molecule has 0 radical (unpaired) electrons. The maximum absolute atomic E-state index is 4.44. The number of hydrogen-bond acceptors (Lipinski definition) is 4. The van der Waals surface area contributed by atoms with Gasteiger partial charge < -0.3 is 5.32 Å². The summed E-state index contributed by atoms with van der Waals surface area (Å²) in [5.41, 5.74) is 3.23. The molecule has 1 saturated carbocycles. The average Bonchev–Trinajstić information content (AvgIpc) is 3.02. The van der Waals surface area contributed by atoms with Crippen molar-refractivity contribution in [1.82, 2.24) is 30.1 Å². The van der Waals surface area contributed by atoms with Crippen LogP contribution in [0.4, 0.5) is 0 Å². The molecule has 1 N–H and O–H groups in total. The minimum Gasteiger partial charge on any atom is -0.308 e. The van der Waals surface area contributed by atoms with Crippen molar-refractivity contribution < 1.29 is 0 Å². The van der Waals surface area contributed by atoms with Crippen LogP contribution in [0, 0.1) is 6.92 Å². The van der Waals surface area contributed by atoms with Gasteiger partial charge in [0.2, 0.25) is 0 Å². The molecule has 0 atom stereocenters. The number of nitrogens with one attached hydrogen (secondary N) is 1. The molecule has 2 aromatic heterocycles. The Morgan fingerprint density at radius 2 is 2.26 bits per heavy atom. The van der Waals surface area contributed by atoms with Gasteiger partial charge in [0.1, 0.15) is 0 Å². The van der Waals surface area contributed by atoms with Gasteiger partial charge in [-0.15, -0.1) is 5.10 Å². The van der Waals surface area contributed by atoms with E-state index in [4.69, 9.17) is 0 Å². The van der Waals surface area contributed by atoms with Crippen molar-refractivity contribution in [2.45, 2.75) is 52.4 Å². The highest BCUT2D eigenvalue weighted by Crippen LogP contribution is 2.18. The molecule has 1 fully saturated rings. The summed E-state index contributed by atoms with van der Waals surface area (Å²) >= 11 is 0. The number of rotatable bonds is 6. The van der Waals surface area contributed by atoms with Gasteiger partial charge in [-0.1, -0.05) is 5.21 Å². The van der Waals surface area contributed by atoms with Crippen molar-refractivity contribution in [3.8, 4) is 0 Å². The van der Waals surface area contributed by atoms with Gasteiger partial charge >= 0.3 is 0 Å². The molecule has 0 saturated heterocycles. The summed E-state index contributed by atoms with van der Waals surface area (Å²) in [7, 11) is 0. The van der Waals surface area contributed by atoms with E-state index in [9.17, 15) is 0 Å². The first kappa shape index (κ1) is 12.3. The van der Waals surface area contributed by atoms with E-state index in [-0.39, 0.29) is 0 Å². The predicted octanol–water partition coefficient (Wildman–Crippen LogP) is 1.10. The molecule has 2 aromatic rings. The van der Waals surface area contributed by atoms with Gasteiger partial charge in [-0.3, -0.25) is 4.68 Å². The van der Waals surface area contributed by atoms with Crippen LogP contribution in [0.5, 0.6) is 0 Å². The zero-order valence-corrected chi connectivity index (χ0v) is 11.5. The second kappa shape index (κ2) is 5.13. The van der Waals surface area contributed by atoms with E-state index < -0.39 is 0 Å². The smallest absolute Gasteiger partial charge is 0.0965 e. The Labute approximate surface area is 112 Å². The largest absolute Gasteiger partial charge is 0.308 e. The second-order valence-corrected chi connectivity index (χ2v) is 5.16. The molecule has 6 nitrogen and oxygen atoms in total. The van der Waals surface area contributed by atoms with E-state index in [1.54, 1.807) is 0 Å². The molecule has 0 aliphatic heterocycles. The van der Waals surface area contributed by atoms with Crippen LogP contribution in [0.2, 0.25) is 0 Å². The first-order chi connectivity index (χ1) is 9.24. The first-order valence-corrected chi connectivity index (χ1v) is 6.90. The zero-order valence-electron chi connectivity index (χ0n) is 11.5. The van der Waals surface area contributed by atoms with Crippen LogP contribution >= 0.6 is 0 Å². The summed E-state index contributed by atoms with van der Waals surface area (Å²) in [6.07, 6.45) is 4.60. The van der Waals surface area contributed by atoms with Crippen LogP contribution in [0.3, 0.4) is 0 Å². The number of nitrogens with zero attached hydrogens (tertiary/aromatic N) is 5. The minimum atomic E-state index is 0.703. The quantitative estimate of drug-likeness (QED) is 0.845. The van der Waals surface area contributed by atoms with Gasteiger partial charge in [-0.25, -0.2) is 4.68 Å². The minimum absolute atomic E-state index is 0.703. The van der Waals surface area contributed by atoms with Crippen LogP contribution in [-0.2, 0) is 19.6 Å². The third kappa shape index (κ3) is 3.01. The van der Waals surface area contributed by atoms with Crippen molar-refractivity contribution in [2.24, 2.45) is 0 Å². The lowest BCUT2D eigenvalue weighted by atomic mass is 10.3. The number of aromatic nitrogens is 5. The lowest BCUT2D eigenvalue weighted by Gasteiger charge is -2.03. The van der Waals surface area contributed by atoms with Crippen molar-refractivity contribution in [2.75, 3.05) is 0 Å². The third-order valence-corrected chi connectivity index (χ3v) is 3.34. The Bertz CT molecular complexity index is 551. The van der Waals surface area contributed by atoms with Crippen LogP contribution in [0.25, 0.3) is 0 Å². The van der Waals surface area contributed by atoms with Gasteiger partial charge in [-0.2, -0.15) is 5.10 Å². The molecule has 0 spiro atoms. The fraction of sp³-hybridized carbons (Fsp3) is 0.615. The van der Waals surface area contributed by atoms with E-state index >= 15 is 0 Å². The summed E-state index contributed by atoms with van der Waals surface area (Å²) in [6.45, 7) is 6.54. The fourth-order valence-electron chi connectivity index (χ4n) is 2.20. The lowest BCUT2D eigenvalue weighted by molar-refractivity contribution is 0.565. The molecule has 3 rings (SSSR count). The Morgan fingerprint density at radius 1 is 1.42 bits per heavy atom. The SMILES string of the molecule is CCn1nc(C)cc1Cn1cc(CNC2CC2)nn1. The van der Waals surface area contributed by atoms with Gasteiger partial charge in [-0.05, 0) is 32.8 Å². The monoisotopic (exact) mass is 260 g/mol. The molecule has 1 aliphatic rings. The third-order valence-electron chi connectivity index (χ3n) is 3.34. The Morgan fingerprint density at radius 3 is 3.00 bits per heavy atom. The Hall–Kier alpha value is -1.69. The van der Waals surface area contributed by atoms with Crippen LogP contribution in [0.15, 0.2) is 12.3 Å². The normalized spacial score (nSPS) is 15.1. The van der Waals surface area contributed by atoms with Crippen LogP contribution in [0.1, 0.15) is 36.8 Å². The van der Waals surface area contributed by atoms with Gasteiger partial charge in [0.05, 0.1) is 29.8 Å². The van der Waals surface area contributed by atoms with E-state index in [0.29, 0.717) is 6.04 Å². The summed E-state index contributed by atoms with van der Waals surface area (Å²) in [5, 5.41) is 16.3. The summed E-state index contributed by atoms with van der Waals surface area (Å²) < 4.78 is 3.89. The van der Waals surface area contributed by atoms with Crippen LogP contribution in [-0.4, -0.2) is 30.8 Å². The maximum Gasteiger partial charge on any atom is 0.0965 e. The van der Waals surface area contributed by atoms with E-state index in [0.717, 1.165) is 31.0 Å². The molecular weight excluding hydrogens is 240 g/mol. The molecule has 0 bridgehead atoms. The molecule has 0 unspecified atom stereocenters. The van der Waals surface area contributed by atoms with Gasteiger partial charge in [0.15, 0.2) is 0 Å². The molecule has 2 heterocycles.